The maximum Gasteiger partial charge on any atom is 0.150 e. The average molecular weight is 262 g/mol. The van der Waals surface area contributed by atoms with E-state index in [4.69, 9.17) is 5.26 Å². The first-order valence-corrected chi connectivity index (χ1v) is 5.82. The smallest absolute Gasteiger partial charge is 0.150 e. The molecule has 2 rings (SSSR count). The van der Waals surface area contributed by atoms with Crippen molar-refractivity contribution in [3.8, 4) is 6.07 Å². The van der Waals surface area contributed by atoms with Gasteiger partial charge in [0.1, 0.15) is 11.5 Å². The van der Waals surface area contributed by atoms with Crippen molar-refractivity contribution < 1.29 is 8.78 Å². The van der Waals surface area contributed by atoms with Gasteiger partial charge in [0.05, 0.1) is 11.6 Å². The Morgan fingerprint density at radius 2 is 2.05 bits per heavy atom. The molecule has 0 atom stereocenters. The molecule has 1 aromatic carbocycles. The SMILES string of the molecule is N#Cc1cc(F)c(NCCCc2ncc[nH]2)c(F)c1. The molecule has 0 aliphatic carbocycles. The summed E-state index contributed by atoms with van der Waals surface area (Å²) in [4.78, 5) is 7.00. The Balaban J connectivity index is 1.91. The van der Waals surface area contributed by atoms with Gasteiger partial charge in [-0.25, -0.2) is 13.8 Å². The minimum Gasteiger partial charge on any atom is -0.380 e. The number of imidazole rings is 1. The summed E-state index contributed by atoms with van der Waals surface area (Å²) in [5.41, 5.74) is -0.227. The predicted molar refractivity (Wildman–Crippen MR) is 66.5 cm³/mol. The molecule has 0 saturated carbocycles. The van der Waals surface area contributed by atoms with Crippen LogP contribution in [0.3, 0.4) is 0 Å². The van der Waals surface area contributed by atoms with Gasteiger partial charge in [0.25, 0.3) is 0 Å². The van der Waals surface area contributed by atoms with Crippen LogP contribution < -0.4 is 5.32 Å². The van der Waals surface area contributed by atoms with E-state index >= 15 is 0 Å². The second-order valence-corrected chi connectivity index (χ2v) is 3.99. The van der Waals surface area contributed by atoms with Crippen molar-refractivity contribution in [2.45, 2.75) is 12.8 Å². The molecular formula is C13H12F2N4. The molecule has 0 aliphatic heterocycles. The quantitative estimate of drug-likeness (QED) is 0.814. The number of nitriles is 1. The van der Waals surface area contributed by atoms with Gasteiger partial charge >= 0.3 is 0 Å². The normalized spacial score (nSPS) is 10.2. The zero-order valence-corrected chi connectivity index (χ0v) is 10.1. The number of halogens is 2. The molecule has 0 spiro atoms. The third kappa shape index (κ3) is 3.28. The predicted octanol–water partition coefficient (Wildman–Crippen LogP) is 2.60. The molecule has 0 unspecified atom stereocenters. The topological polar surface area (TPSA) is 64.5 Å². The summed E-state index contributed by atoms with van der Waals surface area (Å²) < 4.78 is 27.1. The number of aromatic nitrogens is 2. The van der Waals surface area contributed by atoms with Gasteiger partial charge in [-0.15, -0.1) is 0 Å². The Morgan fingerprint density at radius 1 is 1.32 bits per heavy atom. The second-order valence-electron chi connectivity index (χ2n) is 3.99. The summed E-state index contributed by atoms with van der Waals surface area (Å²) in [5.74, 6) is -0.674. The highest BCUT2D eigenvalue weighted by Gasteiger charge is 2.10. The molecule has 98 valence electrons. The van der Waals surface area contributed by atoms with E-state index in [0.717, 1.165) is 18.0 Å². The van der Waals surface area contributed by atoms with Crippen molar-refractivity contribution in [3.05, 3.63) is 47.5 Å². The summed E-state index contributed by atoms with van der Waals surface area (Å²) in [6, 6.07) is 3.73. The van der Waals surface area contributed by atoms with Gasteiger partial charge in [0.15, 0.2) is 11.6 Å². The number of hydrogen-bond donors (Lipinski definition) is 2. The van der Waals surface area contributed by atoms with Gasteiger partial charge in [-0.2, -0.15) is 5.26 Å². The third-order valence-electron chi connectivity index (χ3n) is 2.62. The summed E-state index contributed by atoms with van der Waals surface area (Å²) in [6.45, 7) is 0.417. The van der Waals surface area contributed by atoms with Crippen LogP contribution in [-0.2, 0) is 6.42 Å². The number of nitrogens with zero attached hydrogens (tertiary/aromatic N) is 2. The van der Waals surface area contributed by atoms with Crippen molar-refractivity contribution in [3.63, 3.8) is 0 Å². The number of benzene rings is 1. The van der Waals surface area contributed by atoms with Crippen LogP contribution in [0.4, 0.5) is 14.5 Å². The summed E-state index contributed by atoms with van der Waals surface area (Å²) in [6.07, 6.45) is 4.76. The van der Waals surface area contributed by atoms with Gasteiger partial charge in [0, 0.05) is 25.4 Å². The lowest BCUT2D eigenvalue weighted by Crippen LogP contribution is -2.07. The van der Waals surface area contributed by atoms with Crippen molar-refractivity contribution >= 4 is 5.69 Å². The molecule has 6 heteroatoms. The zero-order chi connectivity index (χ0) is 13.7. The van der Waals surface area contributed by atoms with Crippen LogP contribution in [-0.4, -0.2) is 16.5 Å². The van der Waals surface area contributed by atoms with E-state index in [-0.39, 0.29) is 11.3 Å². The Kier molecular flexibility index (Phi) is 4.08. The largest absolute Gasteiger partial charge is 0.380 e. The van der Waals surface area contributed by atoms with Gasteiger partial charge in [-0.05, 0) is 18.6 Å². The lowest BCUT2D eigenvalue weighted by atomic mass is 10.2. The molecule has 2 aromatic rings. The number of nitrogens with one attached hydrogen (secondary N) is 2. The zero-order valence-electron chi connectivity index (χ0n) is 10.1. The van der Waals surface area contributed by atoms with E-state index in [1.807, 2.05) is 0 Å². The second kappa shape index (κ2) is 5.96. The van der Waals surface area contributed by atoms with Crippen LogP contribution in [0.25, 0.3) is 0 Å². The van der Waals surface area contributed by atoms with Crippen LogP contribution >= 0.6 is 0 Å². The van der Waals surface area contributed by atoms with Crippen LogP contribution in [0.15, 0.2) is 24.5 Å². The van der Waals surface area contributed by atoms with Crippen molar-refractivity contribution in [2.24, 2.45) is 0 Å². The van der Waals surface area contributed by atoms with Gasteiger partial charge in [-0.3, -0.25) is 0 Å². The lowest BCUT2D eigenvalue weighted by molar-refractivity contribution is 0.586. The van der Waals surface area contributed by atoms with Crippen LogP contribution in [0.1, 0.15) is 17.8 Å². The summed E-state index contributed by atoms with van der Waals surface area (Å²) in [7, 11) is 0. The third-order valence-corrected chi connectivity index (χ3v) is 2.62. The number of hydrogen-bond acceptors (Lipinski definition) is 3. The van der Waals surface area contributed by atoms with E-state index in [2.05, 4.69) is 15.3 Å². The van der Waals surface area contributed by atoms with E-state index in [1.54, 1.807) is 18.5 Å². The monoisotopic (exact) mass is 262 g/mol. The van der Waals surface area contributed by atoms with E-state index < -0.39 is 11.6 Å². The maximum absolute atomic E-state index is 13.5. The number of anilines is 1. The van der Waals surface area contributed by atoms with E-state index in [1.165, 1.54) is 0 Å². The molecule has 1 aromatic heterocycles. The molecule has 0 radical (unpaired) electrons. The maximum atomic E-state index is 13.5. The molecule has 0 aliphatic rings. The van der Waals surface area contributed by atoms with Crippen LogP contribution in [0.5, 0.6) is 0 Å². The fourth-order valence-electron chi connectivity index (χ4n) is 1.71. The molecule has 19 heavy (non-hydrogen) atoms. The number of aryl methyl sites for hydroxylation is 1. The minimum atomic E-state index is -0.755. The standard InChI is InChI=1S/C13H12F2N4/c14-10-6-9(8-16)7-11(15)13(10)19-3-1-2-12-17-4-5-18-12/h4-7,19H,1-3H2,(H,17,18). The first kappa shape index (κ1) is 13.0. The Morgan fingerprint density at radius 3 is 2.63 bits per heavy atom. The summed E-state index contributed by atoms with van der Waals surface area (Å²) in [5, 5.41) is 11.3. The average Bonchev–Trinajstić information content (AvgIpc) is 2.89. The minimum absolute atomic E-state index is 0.0314. The highest BCUT2D eigenvalue weighted by Crippen LogP contribution is 2.20. The Labute approximate surface area is 109 Å². The Bertz CT molecular complexity index is 564. The first-order valence-electron chi connectivity index (χ1n) is 5.82. The molecule has 0 bridgehead atoms. The van der Waals surface area contributed by atoms with E-state index in [0.29, 0.717) is 19.4 Å². The van der Waals surface area contributed by atoms with Crippen LogP contribution in [0.2, 0.25) is 0 Å². The summed E-state index contributed by atoms with van der Waals surface area (Å²) >= 11 is 0. The van der Waals surface area contributed by atoms with Gasteiger partial charge < -0.3 is 10.3 Å². The highest BCUT2D eigenvalue weighted by molar-refractivity contribution is 5.50. The van der Waals surface area contributed by atoms with Gasteiger partial charge in [0.2, 0.25) is 0 Å². The van der Waals surface area contributed by atoms with Crippen LogP contribution in [0, 0.1) is 23.0 Å². The molecule has 1 heterocycles. The number of aromatic amines is 1. The highest BCUT2D eigenvalue weighted by atomic mass is 19.1. The number of H-pyrrole nitrogens is 1. The first-order chi connectivity index (χ1) is 9.20. The van der Waals surface area contributed by atoms with Crippen molar-refractivity contribution in [1.82, 2.24) is 9.97 Å². The van der Waals surface area contributed by atoms with Crippen molar-refractivity contribution in [2.75, 3.05) is 11.9 Å². The van der Waals surface area contributed by atoms with Crippen molar-refractivity contribution in [1.29, 1.82) is 5.26 Å². The molecule has 0 fully saturated rings. The lowest BCUT2D eigenvalue weighted by Gasteiger charge is -2.08. The molecule has 2 N–H and O–H groups in total. The molecular weight excluding hydrogens is 250 g/mol. The fraction of sp³-hybridized carbons (Fsp3) is 0.231. The van der Waals surface area contributed by atoms with E-state index in [9.17, 15) is 8.78 Å². The fourth-order valence-corrected chi connectivity index (χ4v) is 1.71. The molecule has 0 saturated heterocycles. The molecule has 0 amide bonds. The Hall–Kier alpha value is -2.42. The van der Waals surface area contributed by atoms with Gasteiger partial charge in [-0.1, -0.05) is 0 Å². The number of rotatable bonds is 5. The molecule has 4 nitrogen and oxygen atoms in total.